The molecular formula is C41H44. The van der Waals surface area contributed by atoms with Crippen LogP contribution in [0.5, 0.6) is 0 Å². The summed E-state index contributed by atoms with van der Waals surface area (Å²) in [6, 6.07) is 33.3. The summed E-state index contributed by atoms with van der Waals surface area (Å²) in [6.45, 7) is 18.4. The molecule has 0 spiro atoms. The van der Waals surface area contributed by atoms with Gasteiger partial charge in [-0.2, -0.15) is 0 Å². The van der Waals surface area contributed by atoms with Gasteiger partial charge in [0.05, 0.1) is 5.41 Å². The summed E-state index contributed by atoms with van der Waals surface area (Å²) >= 11 is 0. The number of fused-ring (bicyclic) bond motifs is 3. The summed E-state index contributed by atoms with van der Waals surface area (Å²) in [7, 11) is 0. The predicted octanol–water partition coefficient (Wildman–Crippen LogP) is 10.9. The van der Waals surface area contributed by atoms with E-state index < -0.39 is 0 Å². The average Bonchev–Trinajstić information content (AvgIpc) is 3.56. The van der Waals surface area contributed by atoms with Crippen LogP contribution in [0.25, 0.3) is 11.1 Å². The lowest BCUT2D eigenvalue weighted by Crippen LogP contribution is -2.37. The third-order valence-corrected chi connectivity index (χ3v) is 9.39. The fourth-order valence-electron chi connectivity index (χ4n) is 7.12. The fourth-order valence-corrected chi connectivity index (χ4v) is 7.12. The van der Waals surface area contributed by atoms with Crippen LogP contribution in [0.1, 0.15) is 98.4 Å². The molecule has 0 bridgehead atoms. The molecule has 0 aromatic heterocycles. The molecule has 6 rings (SSSR count). The molecule has 0 nitrogen and oxygen atoms in total. The van der Waals surface area contributed by atoms with Gasteiger partial charge in [-0.3, -0.25) is 0 Å². The standard InChI is InChI=1S/C41H44/c1-27-16-18-30(19-17-27)41(29-13-9-10-14-29,33-15-11-12-28(2)24-33)38-36-25-31(39(3,4)5)20-22-34(36)35-23-21-32(26-37(35)38)40(6,7)8/h9,11-26,38H,10H2,1-8H3. The minimum atomic E-state index is -0.375. The lowest BCUT2D eigenvalue weighted by molar-refractivity contribution is 0.537. The molecule has 208 valence electrons. The van der Waals surface area contributed by atoms with Crippen LogP contribution in [0.15, 0.2) is 109 Å². The second kappa shape index (κ2) is 9.73. The maximum atomic E-state index is 2.54. The number of allylic oxidation sites excluding steroid dienone is 4. The molecule has 0 radical (unpaired) electrons. The van der Waals surface area contributed by atoms with Crippen LogP contribution in [0.2, 0.25) is 0 Å². The first-order valence-electron chi connectivity index (χ1n) is 15.2. The van der Waals surface area contributed by atoms with Gasteiger partial charge in [0.1, 0.15) is 0 Å². The van der Waals surface area contributed by atoms with E-state index >= 15 is 0 Å². The van der Waals surface area contributed by atoms with Gasteiger partial charge in [0.25, 0.3) is 0 Å². The Bertz CT molecular complexity index is 1610. The van der Waals surface area contributed by atoms with Crippen LogP contribution in [0, 0.1) is 13.8 Å². The van der Waals surface area contributed by atoms with Crippen molar-refractivity contribution >= 4 is 0 Å². The SMILES string of the molecule is Cc1ccc(C(C2=CCC=C2)(c2cccc(C)c2)C2c3cc(C(C)(C)C)ccc3-c3ccc(C(C)(C)C)cc32)cc1. The van der Waals surface area contributed by atoms with Gasteiger partial charge < -0.3 is 0 Å². The molecule has 0 saturated carbocycles. The zero-order valence-corrected chi connectivity index (χ0v) is 26.1. The van der Waals surface area contributed by atoms with E-state index in [9.17, 15) is 0 Å². The summed E-state index contributed by atoms with van der Waals surface area (Å²) in [5, 5.41) is 0. The van der Waals surface area contributed by atoms with Crippen LogP contribution in [-0.4, -0.2) is 0 Å². The second-order valence-corrected chi connectivity index (χ2v) is 14.4. The highest BCUT2D eigenvalue weighted by molar-refractivity contribution is 5.83. The van der Waals surface area contributed by atoms with Gasteiger partial charge in [-0.15, -0.1) is 0 Å². The quantitative estimate of drug-likeness (QED) is 0.243. The van der Waals surface area contributed by atoms with Crippen molar-refractivity contribution in [3.63, 3.8) is 0 Å². The van der Waals surface area contributed by atoms with Crippen LogP contribution >= 0.6 is 0 Å². The van der Waals surface area contributed by atoms with Gasteiger partial charge in [0, 0.05) is 5.92 Å². The van der Waals surface area contributed by atoms with Gasteiger partial charge in [-0.25, -0.2) is 0 Å². The summed E-state index contributed by atoms with van der Waals surface area (Å²) in [5.41, 5.74) is 14.9. The van der Waals surface area contributed by atoms with E-state index in [1.54, 1.807) is 0 Å². The van der Waals surface area contributed by atoms with Crippen LogP contribution in [-0.2, 0) is 16.2 Å². The Balaban J connectivity index is 1.79. The van der Waals surface area contributed by atoms with Crippen molar-refractivity contribution in [3.8, 4) is 11.1 Å². The maximum Gasteiger partial charge on any atom is 0.0557 e. The number of benzene rings is 4. The van der Waals surface area contributed by atoms with E-state index in [2.05, 4.69) is 159 Å². The van der Waals surface area contributed by atoms with Gasteiger partial charge in [0.15, 0.2) is 0 Å². The van der Waals surface area contributed by atoms with Crippen molar-refractivity contribution in [1.29, 1.82) is 0 Å². The first kappa shape index (κ1) is 27.5. The summed E-state index contributed by atoms with van der Waals surface area (Å²) in [4.78, 5) is 0. The molecule has 0 amide bonds. The molecule has 1 atom stereocenters. The zero-order chi connectivity index (χ0) is 29.2. The van der Waals surface area contributed by atoms with E-state index in [0.29, 0.717) is 0 Å². The fraction of sp³-hybridized carbons (Fsp3) is 0.317. The van der Waals surface area contributed by atoms with Crippen LogP contribution < -0.4 is 0 Å². The minimum Gasteiger partial charge on any atom is -0.0804 e. The summed E-state index contributed by atoms with van der Waals surface area (Å²) < 4.78 is 0. The Morgan fingerprint density at radius 1 is 0.561 bits per heavy atom. The van der Waals surface area contributed by atoms with E-state index in [1.807, 2.05) is 0 Å². The minimum absolute atomic E-state index is 0.0628. The monoisotopic (exact) mass is 536 g/mol. The van der Waals surface area contributed by atoms with Crippen LogP contribution in [0.4, 0.5) is 0 Å². The lowest BCUT2D eigenvalue weighted by Gasteiger charge is -2.43. The highest BCUT2D eigenvalue weighted by Gasteiger charge is 2.50. The van der Waals surface area contributed by atoms with E-state index in [1.165, 1.54) is 61.2 Å². The number of hydrogen-bond donors (Lipinski definition) is 0. The van der Waals surface area contributed by atoms with E-state index in [-0.39, 0.29) is 22.2 Å². The van der Waals surface area contributed by atoms with Gasteiger partial charge in [-0.1, -0.05) is 156 Å². The Morgan fingerprint density at radius 2 is 1.12 bits per heavy atom. The molecule has 0 N–H and O–H groups in total. The van der Waals surface area contributed by atoms with Gasteiger partial charge in [-0.05, 0) is 81.2 Å². The summed E-state index contributed by atoms with van der Waals surface area (Å²) in [5.74, 6) is 0.135. The van der Waals surface area contributed by atoms with E-state index in [4.69, 9.17) is 0 Å². The molecule has 2 aliphatic rings. The topological polar surface area (TPSA) is 0 Å². The molecular weight excluding hydrogens is 492 g/mol. The van der Waals surface area contributed by atoms with Crippen molar-refractivity contribution in [2.45, 2.75) is 84.0 Å². The molecule has 0 heteroatoms. The number of rotatable bonds is 4. The molecule has 1 unspecified atom stereocenters. The highest BCUT2D eigenvalue weighted by atomic mass is 14.5. The molecule has 2 aliphatic carbocycles. The van der Waals surface area contributed by atoms with Gasteiger partial charge >= 0.3 is 0 Å². The second-order valence-electron chi connectivity index (χ2n) is 14.4. The molecule has 0 heterocycles. The average molecular weight is 537 g/mol. The number of aryl methyl sites for hydroxylation is 2. The first-order chi connectivity index (χ1) is 19.4. The Morgan fingerprint density at radius 3 is 1.61 bits per heavy atom. The predicted molar refractivity (Wildman–Crippen MR) is 176 cm³/mol. The molecule has 4 aromatic carbocycles. The van der Waals surface area contributed by atoms with Crippen molar-refractivity contribution in [2.75, 3.05) is 0 Å². The molecule has 0 aliphatic heterocycles. The smallest absolute Gasteiger partial charge is 0.0557 e. The molecule has 0 fully saturated rings. The number of hydrogen-bond acceptors (Lipinski definition) is 0. The maximum absolute atomic E-state index is 2.54. The normalized spacial score (nSPS) is 16.3. The summed E-state index contributed by atoms with van der Waals surface area (Å²) in [6.07, 6.45) is 8.19. The first-order valence-corrected chi connectivity index (χ1v) is 15.2. The lowest BCUT2D eigenvalue weighted by atomic mass is 9.58. The molecule has 41 heavy (non-hydrogen) atoms. The van der Waals surface area contributed by atoms with E-state index in [0.717, 1.165) is 6.42 Å². The largest absolute Gasteiger partial charge is 0.0804 e. The van der Waals surface area contributed by atoms with Crippen molar-refractivity contribution < 1.29 is 0 Å². The van der Waals surface area contributed by atoms with Crippen molar-refractivity contribution in [1.82, 2.24) is 0 Å². The third-order valence-electron chi connectivity index (χ3n) is 9.39. The Labute approximate surface area is 247 Å². The van der Waals surface area contributed by atoms with Crippen molar-refractivity contribution in [3.05, 3.63) is 153 Å². The zero-order valence-electron chi connectivity index (χ0n) is 26.1. The van der Waals surface area contributed by atoms with Gasteiger partial charge in [0.2, 0.25) is 0 Å². The Kier molecular flexibility index (Phi) is 6.53. The Hall–Kier alpha value is -3.64. The molecule has 0 saturated heterocycles. The van der Waals surface area contributed by atoms with Crippen molar-refractivity contribution in [2.24, 2.45) is 0 Å². The third kappa shape index (κ3) is 4.53. The van der Waals surface area contributed by atoms with Crippen LogP contribution in [0.3, 0.4) is 0 Å². The highest BCUT2D eigenvalue weighted by Crippen LogP contribution is 2.60. The molecule has 4 aromatic rings.